The summed E-state index contributed by atoms with van der Waals surface area (Å²) in [4.78, 5) is 11.5. The van der Waals surface area contributed by atoms with Crippen molar-refractivity contribution in [2.75, 3.05) is 23.6 Å². The van der Waals surface area contributed by atoms with Gasteiger partial charge in [-0.2, -0.15) is 4.98 Å². The van der Waals surface area contributed by atoms with Gasteiger partial charge in [-0.1, -0.05) is 18.2 Å². The highest BCUT2D eigenvalue weighted by molar-refractivity contribution is 5.62. The van der Waals surface area contributed by atoms with Gasteiger partial charge in [0.05, 0.1) is 0 Å². The van der Waals surface area contributed by atoms with E-state index in [1.54, 1.807) is 0 Å². The zero-order valence-corrected chi connectivity index (χ0v) is 16.4. The Labute approximate surface area is 165 Å². The third-order valence-electron chi connectivity index (χ3n) is 4.63. The average molecular weight is 376 g/mol. The lowest BCUT2D eigenvalue weighted by Crippen LogP contribution is -2.19. The van der Waals surface area contributed by atoms with Crippen molar-refractivity contribution < 1.29 is 9.47 Å². The molecule has 1 aliphatic heterocycles. The molecule has 2 heterocycles. The van der Waals surface area contributed by atoms with Crippen molar-refractivity contribution in [3.63, 3.8) is 0 Å². The summed E-state index contributed by atoms with van der Waals surface area (Å²) in [5, 5.41) is 3.33. The van der Waals surface area contributed by atoms with Crippen LogP contribution in [0, 0.1) is 13.8 Å². The number of nitrogens with one attached hydrogen (secondary N) is 1. The van der Waals surface area contributed by atoms with Crippen molar-refractivity contribution in [1.82, 2.24) is 9.97 Å². The van der Waals surface area contributed by atoms with E-state index in [1.165, 1.54) is 5.56 Å². The number of hydrogen-bond acceptors (Lipinski definition) is 6. The van der Waals surface area contributed by atoms with Crippen molar-refractivity contribution in [2.24, 2.45) is 0 Å². The summed E-state index contributed by atoms with van der Waals surface area (Å²) in [5.41, 5.74) is 4.36. The van der Waals surface area contributed by atoms with Crippen LogP contribution in [-0.2, 0) is 6.54 Å². The number of fused-ring (bicyclic) bond motifs is 1. The molecule has 0 unspecified atom stereocenters. The molecule has 28 heavy (non-hydrogen) atoms. The first-order valence-electron chi connectivity index (χ1n) is 9.44. The maximum absolute atomic E-state index is 5.45. The molecule has 0 saturated heterocycles. The van der Waals surface area contributed by atoms with Gasteiger partial charge >= 0.3 is 0 Å². The van der Waals surface area contributed by atoms with Gasteiger partial charge in [-0.15, -0.1) is 0 Å². The quantitative estimate of drug-likeness (QED) is 0.679. The second kappa shape index (κ2) is 7.76. The summed E-state index contributed by atoms with van der Waals surface area (Å²) in [7, 11) is 0. The van der Waals surface area contributed by atoms with E-state index in [0.717, 1.165) is 40.8 Å². The summed E-state index contributed by atoms with van der Waals surface area (Å²) in [6.07, 6.45) is 0. The van der Waals surface area contributed by atoms with E-state index in [2.05, 4.69) is 53.3 Å². The highest BCUT2D eigenvalue weighted by atomic mass is 16.7. The molecule has 0 spiro atoms. The van der Waals surface area contributed by atoms with E-state index in [1.807, 2.05) is 31.2 Å². The van der Waals surface area contributed by atoms with Crippen LogP contribution < -0.4 is 19.7 Å². The number of nitrogens with zero attached hydrogens (tertiary/aromatic N) is 3. The van der Waals surface area contributed by atoms with E-state index in [0.29, 0.717) is 12.5 Å². The Morgan fingerprint density at radius 2 is 1.86 bits per heavy atom. The molecule has 2 aromatic carbocycles. The van der Waals surface area contributed by atoms with Crippen LogP contribution in [0.3, 0.4) is 0 Å². The summed E-state index contributed by atoms with van der Waals surface area (Å²) < 4.78 is 10.8. The first kappa shape index (κ1) is 18.1. The maximum Gasteiger partial charge on any atom is 0.231 e. The Morgan fingerprint density at radius 1 is 1.00 bits per heavy atom. The number of aryl methyl sites for hydroxylation is 2. The monoisotopic (exact) mass is 376 g/mol. The lowest BCUT2D eigenvalue weighted by molar-refractivity contribution is 0.174. The number of hydrogen-bond donors (Lipinski definition) is 1. The molecule has 0 bridgehead atoms. The standard InChI is InChI=1S/C22H24N4O2/c1-4-26(18-7-5-6-15(2)10-18)21-11-16(3)24-22(25-21)23-13-17-8-9-19-20(12-17)28-14-27-19/h5-12H,4,13-14H2,1-3H3,(H,23,24,25). The summed E-state index contributed by atoms with van der Waals surface area (Å²) in [6.45, 7) is 7.92. The fourth-order valence-electron chi connectivity index (χ4n) is 3.27. The molecular formula is C22H24N4O2. The van der Waals surface area contributed by atoms with Gasteiger partial charge in [0.2, 0.25) is 12.7 Å². The molecule has 6 nitrogen and oxygen atoms in total. The van der Waals surface area contributed by atoms with E-state index in [4.69, 9.17) is 14.5 Å². The highest BCUT2D eigenvalue weighted by Crippen LogP contribution is 2.32. The summed E-state index contributed by atoms with van der Waals surface area (Å²) in [5.74, 6) is 3.06. The number of benzene rings is 2. The minimum Gasteiger partial charge on any atom is -0.454 e. The number of rotatable bonds is 6. The lowest BCUT2D eigenvalue weighted by Gasteiger charge is -2.23. The highest BCUT2D eigenvalue weighted by Gasteiger charge is 2.14. The first-order chi connectivity index (χ1) is 13.6. The van der Waals surface area contributed by atoms with Gasteiger partial charge in [-0.3, -0.25) is 0 Å². The zero-order valence-electron chi connectivity index (χ0n) is 16.4. The number of aromatic nitrogens is 2. The largest absolute Gasteiger partial charge is 0.454 e. The predicted octanol–water partition coefficient (Wildman–Crippen LogP) is 4.59. The summed E-state index contributed by atoms with van der Waals surface area (Å²) >= 11 is 0. The molecule has 4 rings (SSSR count). The number of anilines is 3. The van der Waals surface area contributed by atoms with Crippen LogP contribution in [0.2, 0.25) is 0 Å². The minimum absolute atomic E-state index is 0.280. The normalized spacial score (nSPS) is 12.1. The van der Waals surface area contributed by atoms with Crippen LogP contribution in [-0.4, -0.2) is 23.3 Å². The van der Waals surface area contributed by atoms with Crippen LogP contribution >= 0.6 is 0 Å². The molecule has 0 aliphatic carbocycles. The van der Waals surface area contributed by atoms with Gasteiger partial charge in [0.25, 0.3) is 0 Å². The molecule has 6 heteroatoms. The van der Waals surface area contributed by atoms with Gasteiger partial charge in [-0.05, 0) is 56.2 Å². The Morgan fingerprint density at radius 3 is 2.68 bits per heavy atom. The van der Waals surface area contributed by atoms with Gasteiger partial charge < -0.3 is 19.7 Å². The van der Waals surface area contributed by atoms with Crippen LogP contribution in [0.5, 0.6) is 11.5 Å². The van der Waals surface area contributed by atoms with Crippen molar-refractivity contribution >= 4 is 17.5 Å². The Bertz CT molecular complexity index is 990. The molecule has 0 radical (unpaired) electrons. The fourth-order valence-corrected chi connectivity index (χ4v) is 3.27. The van der Waals surface area contributed by atoms with Crippen LogP contribution in [0.1, 0.15) is 23.7 Å². The zero-order chi connectivity index (χ0) is 19.5. The average Bonchev–Trinajstić information content (AvgIpc) is 3.14. The van der Waals surface area contributed by atoms with Crippen LogP contribution in [0.4, 0.5) is 17.5 Å². The third kappa shape index (κ3) is 3.86. The van der Waals surface area contributed by atoms with Crippen molar-refractivity contribution in [3.8, 4) is 11.5 Å². The van der Waals surface area contributed by atoms with E-state index >= 15 is 0 Å². The van der Waals surface area contributed by atoms with Crippen molar-refractivity contribution in [2.45, 2.75) is 27.3 Å². The minimum atomic E-state index is 0.280. The van der Waals surface area contributed by atoms with Crippen molar-refractivity contribution in [3.05, 3.63) is 65.4 Å². The van der Waals surface area contributed by atoms with E-state index in [-0.39, 0.29) is 6.79 Å². The smallest absolute Gasteiger partial charge is 0.231 e. The number of ether oxygens (including phenoxy) is 2. The predicted molar refractivity (Wildman–Crippen MR) is 111 cm³/mol. The van der Waals surface area contributed by atoms with Gasteiger partial charge in [0.15, 0.2) is 11.5 Å². The van der Waals surface area contributed by atoms with Crippen LogP contribution in [0.25, 0.3) is 0 Å². The molecule has 0 amide bonds. The van der Waals surface area contributed by atoms with Gasteiger partial charge in [0.1, 0.15) is 5.82 Å². The maximum atomic E-state index is 5.45. The van der Waals surface area contributed by atoms with Crippen LogP contribution in [0.15, 0.2) is 48.5 Å². The van der Waals surface area contributed by atoms with E-state index < -0.39 is 0 Å². The fraction of sp³-hybridized carbons (Fsp3) is 0.273. The molecule has 1 aliphatic rings. The lowest BCUT2D eigenvalue weighted by atomic mass is 10.2. The molecule has 3 aromatic rings. The molecule has 144 valence electrons. The van der Waals surface area contributed by atoms with Crippen molar-refractivity contribution in [1.29, 1.82) is 0 Å². The van der Waals surface area contributed by atoms with Gasteiger partial charge in [-0.25, -0.2) is 4.98 Å². The Balaban J connectivity index is 1.55. The Hall–Kier alpha value is -3.28. The Kier molecular flexibility index (Phi) is 5.02. The topological polar surface area (TPSA) is 59.5 Å². The second-order valence-electron chi connectivity index (χ2n) is 6.82. The first-order valence-corrected chi connectivity index (χ1v) is 9.44. The molecule has 0 saturated carbocycles. The third-order valence-corrected chi connectivity index (χ3v) is 4.63. The summed E-state index contributed by atoms with van der Waals surface area (Å²) in [6, 6.07) is 16.4. The molecule has 1 N–H and O–H groups in total. The SMILES string of the molecule is CCN(c1cccc(C)c1)c1cc(C)nc(NCc2ccc3c(c2)OCO3)n1. The second-order valence-corrected chi connectivity index (χ2v) is 6.82. The molecule has 1 aromatic heterocycles. The van der Waals surface area contributed by atoms with E-state index in [9.17, 15) is 0 Å². The molecular weight excluding hydrogens is 352 g/mol. The van der Waals surface area contributed by atoms with Gasteiger partial charge in [0, 0.05) is 30.5 Å². The molecule has 0 atom stereocenters. The molecule has 0 fully saturated rings.